The molecule has 15 aromatic rings. The fraction of sp³-hybridized carbons (Fsp3) is 0.0253. The molecule has 1 aliphatic rings. The summed E-state index contributed by atoms with van der Waals surface area (Å²) in [4.78, 5) is 179. The monoisotopic (exact) mass is 1830 g/mol. The Morgan fingerprint density at radius 1 is 0.343 bits per heavy atom. The molecular weight excluding hydrogens is 1760 g/mol. The van der Waals surface area contributed by atoms with Gasteiger partial charge in [0.2, 0.25) is 23.7 Å². The number of anilines is 14. The van der Waals surface area contributed by atoms with E-state index in [1.54, 1.807) is 85.6 Å². The fourth-order valence-electron chi connectivity index (χ4n) is 9.22. The van der Waals surface area contributed by atoms with E-state index in [1.165, 1.54) is 118 Å². The molecule has 0 aromatic carbocycles. The normalized spacial score (nSPS) is 10.3. The number of halogens is 2. The van der Waals surface area contributed by atoms with E-state index >= 15 is 0 Å². The zero-order valence-electron chi connectivity index (χ0n) is 68.2. The lowest BCUT2D eigenvalue weighted by atomic mass is 10.3. The first-order valence-corrected chi connectivity index (χ1v) is 36.8. The van der Waals surface area contributed by atoms with Gasteiger partial charge in [-0.25, -0.2) is 138 Å². The van der Waals surface area contributed by atoms with Crippen LogP contribution in [0.1, 0.15) is 89.6 Å². The molecule has 1 saturated heterocycles. The number of hydrogen-bond donors (Lipinski definition) is 19. The quantitative estimate of drug-likeness (QED) is 0.0199. The fourth-order valence-corrected chi connectivity index (χ4v) is 9.22. The van der Waals surface area contributed by atoms with Crippen molar-refractivity contribution in [2.24, 2.45) is 4.99 Å². The third kappa shape index (κ3) is 33.1. The van der Waals surface area contributed by atoms with Crippen LogP contribution in [-0.2, 0) is 0 Å². The van der Waals surface area contributed by atoms with Gasteiger partial charge in [-0.1, -0.05) is 12.6 Å². The van der Waals surface area contributed by atoms with Crippen LogP contribution in [0.3, 0.4) is 0 Å². The van der Waals surface area contributed by atoms with Crippen molar-refractivity contribution in [3.05, 3.63) is 314 Å². The maximum Gasteiger partial charge on any atom is 0.354 e. The van der Waals surface area contributed by atoms with Gasteiger partial charge in [-0.3, -0.25) is 20.8 Å². The van der Waals surface area contributed by atoms with Crippen molar-refractivity contribution in [3.8, 4) is 5.88 Å². The van der Waals surface area contributed by atoms with Gasteiger partial charge in [-0.15, -0.1) is 4.98 Å². The predicted octanol–water partition coefficient (Wildman–Crippen LogP) is 8.62. The lowest BCUT2D eigenvalue weighted by molar-refractivity contribution is 0.0679. The van der Waals surface area contributed by atoms with Crippen LogP contribution in [-0.4, -0.2) is 216 Å². The van der Waals surface area contributed by atoms with Crippen LogP contribution < -0.4 is 63.9 Å². The molecule has 0 radical (unpaired) electrons. The number of aromatic carboxylic acids is 8. The molecule has 15 aromatic heterocycles. The number of rotatable bonds is 24. The molecule has 0 bridgehead atoms. The summed E-state index contributed by atoms with van der Waals surface area (Å²) in [5, 5.41) is 90.0. The summed E-state index contributed by atoms with van der Waals surface area (Å²) >= 11 is 0. The summed E-state index contributed by atoms with van der Waals surface area (Å²) in [5.74, 6) is -5.90. The molecule has 0 aliphatic carbocycles. The Hall–Kier alpha value is -20.6. The molecule has 0 amide bonds. The average molecular weight is 1830 g/mol. The molecule has 16 rings (SSSR count). The highest BCUT2D eigenvalue weighted by molar-refractivity contribution is 5.91. The molecule has 134 heavy (non-hydrogen) atoms. The molecular formula is C79H64F2N36O17. The van der Waals surface area contributed by atoms with Gasteiger partial charge < -0.3 is 87.7 Å². The van der Waals surface area contributed by atoms with E-state index in [4.69, 9.17) is 52.2 Å². The Morgan fingerprint density at radius 2 is 0.709 bits per heavy atom. The maximum absolute atomic E-state index is 13.2. The van der Waals surface area contributed by atoms with Crippen LogP contribution in [0, 0.1) is 25.4 Å². The van der Waals surface area contributed by atoms with E-state index in [0.29, 0.717) is 69.6 Å². The van der Waals surface area contributed by atoms with Gasteiger partial charge in [0.25, 0.3) is 5.82 Å². The van der Waals surface area contributed by atoms with Gasteiger partial charge in [0.1, 0.15) is 109 Å². The van der Waals surface area contributed by atoms with Crippen LogP contribution in [0.25, 0.3) is 4.85 Å². The number of carboxylic acid groups (broad SMARTS) is 8. The number of pyridine rings is 7. The summed E-state index contributed by atoms with van der Waals surface area (Å²) < 4.78 is 30.8. The minimum Gasteiger partial charge on any atom is -0.480 e. The summed E-state index contributed by atoms with van der Waals surface area (Å²) in [6.45, 7) is 8.65. The molecule has 53 nitrogen and oxygen atoms in total. The number of nitrogens with one attached hydrogen (secondary N) is 11. The van der Waals surface area contributed by atoms with Gasteiger partial charge in [-0.05, 0) is 91.9 Å². The van der Waals surface area contributed by atoms with Gasteiger partial charge in [0, 0.05) is 90.9 Å². The number of nitrogens with zero attached hydrogens (tertiary/aromatic N) is 25. The number of ether oxygens (including phenoxy) is 1. The van der Waals surface area contributed by atoms with E-state index in [9.17, 15) is 47.1 Å². The molecule has 1 fully saturated rings. The van der Waals surface area contributed by atoms with Crippen molar-refractivity contribution in [1.29, 1.82) is 0 Å². The average Bonchev–Trinajstić information content (AvgIpc) is 0.923. The first-order chi connectivity index (χ1) is 64.6. The molecule has 55 heteroatoms. The number of carbonyl (C=O) groups is 8. The Balaban J connectivity index is 0.000000172. The van der Waals surface area contributed by atoms with Crippen molar-refractivity contribution in [2.75, 3.05) is 44.3 Å². The lowest BCUT2D eigenvalue weighted by Gasteiger charge is -2.08. The predicted molar refractivity (Wildman–Crippen MR) is 462 cm³/mol. The van der Waals surface area contributed by atoms with E-state index < -0.39 is 59.6 Å². The number of aliphatic imine (C=N–C) groups is 1. The second-order valence-corrected chi connectivity index (χ2v) is 24.5. The molecule has 16 heterocycles. The molecule has 0 atom stereocenters. The van der Waals surface area contributed by atoms with Crippen molar-refractivity contribution < 1.29 is 92.7 Å². The largest absolute Gasteiger partial charge is 0.480 e. The van der Waals surface area contributed by atoms with Crippen molar-refractivity contribution in [2.45, 2.75) is 6.92 Å². The number of methoxy groups -OCH3 is 1. The molecule has 0 saturated carbocycles. The van der Waals surface area contributed by atoms with Crippen LogP contribution >= 0.6 is 0 Å². The summed E-state index contributed by atoms with van der Waals surface area (Å²) in [6.07, 6.45) is 21.4. The Labute approximate surface area is 748 Å². The number of aromatic nitrogens is 23. The minimum atomic E-state index is -1.18. The molecule has 676 valence electrons. The Bertz CT molecular complexity index is 6420. The topological polar surface area (TPSA) is 753 Å². The third-order valence-corrected chi connectivity index (χ3v) is 15.2. The molecule has 0 unspecified atom stereocenters. The van der Waals surface area contributed by atoms with Gasteiger partial charge in [-0.2, -0.15) is 24.8 Å². The SMILES string of the molecule is COc1ncccc1Nc1cc(C(=O)O)ncn1.Cc1ccc(Nc2cc(C(=O)O)ncn2)cn1.O=C(O)c1cc(N=C2NNNN2)ncn1.O=C(O)c1cc(Nc2ccc(F)nc2)ncn1.O=C(O)c1cc(Nc2ccccn2)ncn1.O=C(O)c1cc(Nc2cccnc2F)ncn1.O=C(O)c1cc(Nc2ccncc2)ncn1.[C-]#[N+]c1ccc(Nc2cc(C(=O)O)ncn2)cn1. The first kappa shape index (κ1) is 97.2. The van der Waals surface area contributed by atoms with Crippen LogP contribution in [0.4, 0.5) is 101 Å². The third-order valence-electron chi connectivity index (χ3n) is 15.2. The number of hydrazine groups is 3. The van der Waals surface area contributed by atoms with Crippen molar-refractivity contribution in [1.82, 2.24) is 137 Å². The summed E-state index contributed by atoms with van der Waals surface area (Å²) in [5.41, 5.74) is 13.8. The standard InChI is InChI=1S/C11H7N5O2.C11H10N4O3.C11H10N4O2.2C10H7FN4O2.2C10H8N4O2.C6H7N7O2/c1-12-9-3-2-7(5-13-9)16-10-4-8(11(17)18)14-6-15-10;1-18-10-7(3-2-4-12-10)15-9-5-8(11(16)17)13-6-14-9;1-7-2-3-8(5-12-7)15-10-4-9(11(16)17)13-6-14-10;11-8-2-1-6(4-12-8)15-9-3-7(10(16)17)13-5-14-9;11-9-6(2-1-3-12-9)15-8-4-7(10(16)17)13-5-14-8;15-10(16)8-5-9(13-6-12-8)14-7-1-3-11-4-2-7;15-10(16)7-5-9(13-6-12-7)14-8-3-1-2-4-11-8;14-5(15)3-1-4(8-2-7-3)9-6-10-12-13-11-6/h2-6H,(H,17,18)(H,14,15,16);2-6H,1H3,(H,16,17)(H,13,14,15);2-6H,1H3,(H,16,17)(H,13,14,15);2*1-5H,(H,16,17)(H,13,14,15);2*1-6H,(H,15,16)(H,11,12,13,14);1-2,12-13H,(H,14,15)(H2,7,8,9,10,11). The zero-order chi connectivity index (χ0) is 96.1. The van der Waals surface area contributed by atoms with E-state index in [2.05, 4.69) is 184 Å². The zero-order valence-corrected chi connectivity index (χ0v) is 68.2. The van der Waals surface area contributed by atoms with E-state index in [1.807, 2.05) is 25.1 Å². The van der Waals surface area contributed by atoms with Crippen LogP contribution in [0.5, 0.6) is 5.88 Å². The first-order valence-electron chi connectivity index (χ1n) is 36.8. The van der Waals surface area contributed by atoms with Gasteiger partial charge in [0.15, 0.2) is 51.4 Å². The Morgan fingerprint density at radius 3 is 1.08 bits per heavy atom. The lowest BCUT2D eigenvalue weighted by Crippen LogP contribution is -2.33. The molecule has 1 aliphatic heterocycles. The number of aryl methyl sites for hydroxylation is 1. The van der Waals surface area contributed by atoms with Crippen LogP contribution in [0.2, 0.25) is 0 Å². The number of carboxylic acids is 8. The highest BCUT2D eigenvalue weighted by atomic mass is 19.1. The van der Waals surface area contributed by atoms with Crippen molar-refractivity contribution >= 4 is 146 Å². The van der Waals surface area contributed by atoms with Crippen molar-refractivity contribution in [3.63, 3.8) is 0 Å². The highest BCUT2D eigenvalue weighted by Crippen LogP contribution is 2.25. The summed E-state index contributed by atoms with van der Waals surface area (Å²) in [7, 11) is 1.50. The second-order valence-electron chi connectivity index (χ2n) is 24.5. The van der Waals surface area contributed by atoms with Gasteiger partial charge >= 0.3 is 47.8 Å². The van der Waals surface area contributed by atoms with E-state index in [-0.39, 0.29) is 68.7 Å². The van der Waals surface area contributed by atoms with Crippen LogP contribution in [0.15, 0.2) is 245 Å². The highest BCUT2D eigenvalue weighted by Gasteiger charge is 2.16. The van der Waals surface area contributed by atoms with Gasteiger partial charge in [0.05, 0.1) is 42.3 Å². The second kappa shape index (κ2) is 50.4. The summed E-state index contributed by atoms with van der Waals surface area (Å²) in [6, 6.07) is 35.3. The minimum absolute atomic E-state index is 0.0495. The molecule has 0 spiro atoms. The Kier molecular flexibility index (Phi) is 36.5. The van der Waals surface area contributed by atoms with E-state index in [0.717, 1.165) is 42.4 Å². The number of hydrogen-bond acceptors (Lipinski definition) is 42. The smallest absolute Gasteiger partial charge is 0.354 e. The number of guanidine groups is 1. The maximum atomic E-state index is 13.2. The molecule has 19 N–H and O–H groups in total.